The van der Waals surface area contributed by atoms with Gasteiger partial charge in [0.1, 0.15) is 4.90 Å². The molecule has 3 aromatic heterocycles. The van der Waals surface area contributed by atoms with Gasteiger partial charge in [-0.15, -0.1) is 0 Å². The van der Waals surface area contributed by atoms with Crippen molar-refractivity contribution in [3.8, 4) is 5.88 Å². The zero-order valence-corrected chi connectivity index (χ0v) is 15.5. The molecule has 0 saturated carbocycles. The van der Waals surface area contributed by atoms with Crippen LogP contribution in [0.4, 0.5) is 0 Å². The van der Waals surface area contributed by atoms with Gasteiger partial charge in [0.25, 0.3) is 5.56 Å². The maximum Gasteiger partial charge on any atom is 0.274 e. The Kier molecular flexibility index (Phi) is 4.40. The summed E-state index contributed by atoms with van der Waals surface area (Å²) in [6.07, 6.45) is 5.60. The van der Waals surface area contributed by atoms with E-state index in [9.17, 15) is 13.2 Å². The maximum atomic E-state index is 12.8. The molecule has 0 atom stereocenters. The van der Waals surface area contributed by atoms with E-state index in [-0.39, 0.29) is 21.9 Å². The summed E-state index contributed by atoms with van der Waals surface area (Å²) in [5.41, 5.74) is 0.369. The van der Waals surface area contributed by atoms with Gasteiger partial charge in [-0.1, -0.05) is 6.07 Å². The molecule has 0 spiro atoms. The van der Waals surface area contributed by atoms with Crippen LogP contribution in [0.3, 0.4) is 0 Å². The van der Waals surface area contributed by atoms with Gasteiger partial charge in [-0.05, 0) is 24.3 Å². The fourth-order valence-corrected chi connectivity index (χ4v) is 4.06. The number of nitrogens with one attached hydrogen (secondary N) is 1. The number of aromatic nitrogens is 5. The van der Waals surface area contributed by atoms with Gasteiger partial charge < -0.3 is 4.74 Å². The number of H-pyrrole nitrogens is 1. The number of fused-ring (bicyclic) bond motifs is 1. The minimum atomic E-state index is -3.72. The first-order chi connectivity index (χ1) is 13.5. The molecule has 0 saturated heterocycles. The number of benzene rings is 1. The number of ether oxygens (including phenoxy) is 1. The van der Waals surface area contributed by atoms with E-state index in [1.54, 1.807) is 18.3 Å². The molecule has 3 heterocycles. The predicted octanol–water partition coefficient (Wildman–Crippen LogP) is 1.40. The predicted molar refractivity (Wildman–Crippen MR) is 99.9 cm³/mol. The largest absolute Gasteiger partial charge is 0.481 e. The Hall–Kier alpha value is -3.53. The van der Waals surface area contributed by atoms with E-state index >= 15 is 0 Å². The van der Waals surface area contributed by atoms with Crippen molar-refractivity contribution in [1.82, 2.24) is 25.0 Å². The lowest BCUT2D eigenvalue weighted by molar-refractivity contribution is 0.390. The molecule has 4 rings (SSSR count). The third-order valence-electron chi connectivity index (χ3n) is 4.28. The van der Waals surface area contributed by atoms with Crippen LogP contribution < -0.4 is 10.3 Å². The van der Waals surface area contributed by atoms with Crippen LogP contribution in [0.25, 0.3) is 10.8 Å². The molecule has 28 heavy (non-hydrogen) atoms. The molecule has 0 aliphatic rings. The number of aromatic amines is 1. The third kappa shape index (κ3) is 3.03. The first-order valence-electron chi connectivity index (χ1n) is 8.22. The van der Waals surface area contributed by atoms with E-state index in [1.165, 1.54) is 48.6 Å². The van der Waals surface area contributed by atoms with E-state index in [1.807, 2.05) is 0 Å². The second-order valence-corrected chi connectivity index (χ2v) is 7.92. The lowest BCUT2D eigenvalue weighted by Gasteiger charge is -2.09. The van der Waals surface area contributed by atoms with Crippen LogP contribution in [0.2, 0.25) is 0 Å². The van der Waals surface area contributed by atoms with Crippen molar-refractivity contribution in [1.29, 1.82) is 0 Å². The molecule has 0 bridgehead atoms. The molecule has 0 radical (unpaired) electrons. The summed E-state index contributed by atoms with van der Waals surface area (Å²) in [5.74, 6) is 0.415. The summed E-state index contributed by atoms with van der Waals surface area (Å²) in [4.78, 5) is 17.0. The second-order valence-electron chi connectivity index (χ2n) is 5.97. The summed E-state index contributed by atoms with van der Waals surface area (Å²) in [7, 11) is -2.22. The fraction of sp³-hybridized carbons (Fsp3) is 0.111. The van der Waals surface area contributed by atoms with E-state index in [4.69, 9.17) is 4.74 Å². The molecular formula is C18H15N5O4S. The number of pyridine rings is 1. The van der Waals surface area contributed by atoms with Gasteiger partial charge in [0, 0.05) is 23.3 Å². The molecule has 142 valence electrons. The van der Waals surface area contributed by atoms with Crippen molar-refractivity contribution >= 4 is 20.6 Å². The van der Waals surface area contributed by atoms with E-state index in [0.717, 1.165) is 0 Å². The molecule has 0 amide bonds. The average molecular weight is 397 g/mol. The van der Waals surface area contributed by atoms with Crippen molar-refractivity contribution in [3.05, 3.63) is 71.0 Å². The Bertz CT molecular complexity index is 1310. The van der Waals surface area contributed by atoms with Gasteiger partial charge in [0.2, 0.25) is 15.7 Å². The maximum absolute atomic E-state index is 12.8. The number of hydrogen-bond donors (Lipinski definition) is 1. The second kappa shape index (κ2) is 6.89. The Morgan fingerprint density at radius 2 is 2.04 bits per heavy atom. The van der Waals surface area contributed by atoms with E-state index in [0.29, 0.717) is 22.2 Å². The van der Waals surface area contributed by atoms with Gasteiger partial charge in [-0.2, -0.15) is 10.2 Å². The van der Waals surface area contributed by atoms with Crippen molar-refractivity contribution in [2.45, 2.75) is 16.3 Å². The Morgan fingerprint density at radius 3 is 2.79 bits per heavy atom. The number of nitrogens with zero attached hydrogens (tertiary/aromatic N) is 4. The summed E-state index contributed by atoms with van der Waals surface area (Å²) in [5, 5.41) is 11.1. The highest BCUT2D eigenvalue weighted by Gasteiger charge is 2.20. The van der Waals surface area contributed by atoms with Gasteiger partial charge >= 0.3 is 0 Å². The molecule has 0 aliphatic carbocycles. The van der Waals surface area contributed by atoms with E-state index in [2.05, 4.69) is 20.3 Å². The number of rotatable bonds is 5. The summed E-state index contributed by atoms with van der Waals surface area (Å²) in [6.45, 7) is 0.181. The zero-order chi connectivity index (χ0) is 19.7. The number of sulfone groups is 1. The van der Waals surface area contributed by atoms with Crippen LogP contribution in [-0.2, 0) is 16.4 Å². The van der Waals surface area contributed by atoms with Gasteiger partial charge in [0.05, 0.1) is 36.3 Å². The summed E-state index contributed by atoms with van der Waals surface area (Å²) < 4.78 is 31.7. The van der Waals surface area contributed by atoms with Crippen molar-refractivity contribution < 1.29 is 13.2 Å². The lowest BCUT2D eigenvalue weighted by Crippen LogP contribution is -2.23. The monoisotopic (exact) mass is 397 g/mol. The highest BCUT2D eigenvalue weighted by molar-refractivity contribution is 7.91. The molecule has 10 heteroatoms. The van der Waals surface area contributed by atoms with Crippen molar-refractivity contribution in [2.75, 3.05) is 7.11 Å². The molecular weight excluding hydrogens is 382 g/mol. The van der Waals surface area contributed by atoms with Crippen LogP contribution in [0, 0.1) is 0 Å². The molecule has 0 fully saturated rings. The smallest absolute Gasteiger partial charge is 0.274 e. The molecule has 1 aromatic carbocycles. The van der Waals surface area contributed by atoms with Crippen LogP contribution in [0.5, 0.6) is 5.88 Å². The van der Waals surface area contributed by atoms with Gasteiger partial charge in [-0.3, -0.25) is 9.89 Å². The molecule has 0 unspecified atom stereocenters. The number of methoxy groups -OCH3 is 1. The lowest BCUT2D eigenvalue weighted by atomic mass is 10.2. The Balaban J connectivity index is 1.76. The molecule has 9 nitrogen and oxygen atoms in total. The minimum Gasteiger partial charge on any atom is -0.481 e. The van der Waals surface area contributed by atoms with Crippen LogP contribution in [0.1, 0.15) is 5.56 Å². The third-order valence-corrected chi connectivity index (χ3v) is 6.00. The van der Waals surface area contributed by atoms with Crippen LogP contribution in [0.15, 0.2) is 69.7 Å². The molecule has 0 aliphatic heterocycles. The van der Waals surface area contributed by atoms with Gasteiger partial charge in [-0.25, -0.2) is 18.1 Å². The SMILES string of the molecule is COc1ncccc1Cn1ncc2cc(S(=O)(=O)c3cn[nH]c3)ccc2c1=O. The summed E-state index contributed by atoms with van der Waals surface area (Å²) in [6, 6.07) is 7.87. The first-order valence-corrected chi connectivity index (χ1v) is 9.70. The van der Waals surface area contributed by atoms with Crippen molar-refractivity contribution in [3.63, 3.8) is 0 Å². The van der Waals surface area contributed by atoms with E-state index < -0.39 is 9.84 Å². The van der Waals surface area contributed by atoms with Crippen LogP contribution >= 0.6 is 0 Å². The Morgan fingerprint density at radius 1 is 1.18 bits per heavy atom. The van der Waals surface area contributed by atoms with Gasteiger partial charge in [0.15, 0.2) is 0 Å². The standard InChI is InChI=1S/C18H15N5O4S/c1-27-17-12(3-2-6-19-17)11-23-18(24)16-5-4-14(7-13(16)8-22-23)28(25,26)15-9-20-21-10-15/h2-10H,11H2,1H3,(H,20,21). The van der Waals surface area contributed by atoms with Crippen LogP contribution in [-0.4, -0.2) is 40.5 Å². The molecule has 4 aromatic rings. The normalized spacial score (nSPS) is 11.6. The quantitative estimate of drug-likeness (QED) is 0.540. The first kappa shape index (κ1) is 17.9. The Labute approximate surface area is 159 Å². The summed E-state index contributed by atoms with van der Waals surface area (Å²) >= 11 is 0. The number of hydrogen-bond acceptors (Lipinski definition) is 7. The highest BCUT2D eigenvalue weighted by Crippen LogP contribution is 2.23. The topological polar surface area (TPSA) is 120 Å². The zero-order valence-electron chi connectivity index (χ0n) is 14.7. The minimum absolute atomic E-state index is 0.0526. The highest BCUT2D eigenvalue weighted by atomic mass is 32.2. The fourth-order valence-electron chi connectivity index (χ4n) is 2.86. The molecule has 1 N–H and O–H groups in total. The van der Waals surface area contributed by atoms with Crippen molar-refractivity contribution in [2.24, 2.45) is 0 Å². The average Bonchev–Trinajstić information content (AvgIpc) is 3.26.